The maximum absolute atomic E-state index is 5.92. The highest BCUT2D eigenvalue weighted by Gasteiger charge is 2.15. The van der Waals surface area contributed by atoms with Crippen molar-refractivity contribution in [2.75, 3.05) is 19.1 Å². The van der Waals surface area contributed by atoms with E-state index in [4.69, 9.17) is 21.1 Å². The van der Waals surface area contributed by atoms with Crippen LogP contribution in [0.2, 0.25) is 0 Å². The molecule has 1 heterocycles. The van der Waals surface area contributed by atoms with Gasteiger partial charge in [0.25, 0.3) is 0 Å². The molecule has 1 aliphatic heterocycles. The summed E-state index contributed by atoms with van der Waals surface area (Å²) in [4.78, 5) is 0. The van der Waals surface area contributed by atoms with Crippen LogP contribution >= 0.6 is 11.6 Å². The maximum atomic E-state index is 5.92. The molecule has 1 fully saturated rings. The Morgan fingerprint density at radius 1 is 1.47 bits per heavy atom. The molecular weight excluding hydrogens is 260 g/mol. The van der Waals surface area contributed by atoms with Crippen LogP contribution < -0.4 is 4.74 Å². The molecule has 1 unspecified atom stereocenters. The molecule has 0 amide bonds. The van der Waals surface area contributed by atoms with Crippen LogP contribution in [0.4, 0.5) is 0 Å². The summed E-state index contributed by atoms with van der Waals surface area (Å²) < 4.78 is 11.3. The molecular formula is C16H19ClO2. The highest BCUT2D eigenvalue weighted by Crippen LogP contribution is 2.20. The van der Waals surface area contributed by atoms with Crippen molar-refractivity contribution in [2.24, 2.45) is 0 Å². The van der Waals surface area contributed by atoms with Crippen molar-refractivity contribution < 1.29 is 9.47 Å². The van der Waals surface area contributed by atoms with Gasteiger partial charge in [-0.3, -0.25) is 0 Å². The van der Waals surface area contributed by atoms with Crippen LogP contribution in [0.5, 0.6) is 5.75 Å². The number of aryl methyl sites for hydroxylation is 1. The van der Waals surface area contributed by atoms with Crippen LogP contribution in [-0.2, 0) is 4.74 Å². The fourth-order valence-corrected chi connectivity index (χ4v) is 2.15. The van der Waals surface area contributed by atoms with Gasteiger partial charge in [-0.15, -0.1) is 11.6 Å². The van der Waals surface area contributed by atoms with Gasteiger partial charge >= 0.3 is 0 Å². The first-order chi connectivity index (χ1) is 9.29. The summed E-state index contributed by atoms with van der Waals surface area (Å²) >= 11 is 5.61. The van der Waals surface area contributed by atoms with Crippen molar-refractivity contribution in [3.8, 4) is 17.6 Å². The zero-order valence-corrected chi connectivity index (χ0v) is 12.0. The third kappa shape index (κ3) is 4.45. The number of hydrogen-bond acceptors (Lipinski definition) is 2. The first-order valence-electron chi connectivity index (χ1n) is 6.69. The highest BCUT2D eigenvalue weighted by molar-refractivity contribution is 6.18. The number of alkyl halides is 1. The summed E-state index contributed by atoms with van der Waals surface area (Å²) in [6.45, 7) is 3.60. The average Bonchev–Trinajstić information content (AvgIpc) is 2.43. The van der Waals surface area contributed by atoms with E-state index in [9.17, 15) is 0 Å². The number of hydrogen-bond donors (Lipinski definition) is 0. The topological polar surface area (TPSA) is 18.5 Å². The van der Waals surface area contributed by atoms with Gasteiger partial charge in [0, 0.05) is 24.5 Å². The average molecular weight is 279 g/mol. The summed E-state index contributed by atoms with van der Waals surface area (Å²) in [5.41, 5.74) is 2.17. The first-order valence-corrected chi connectivity index (χ1v) is 7.23. The van der Waals surface area contributed by atoms with Crippen molar-refractivity contribution in [3.63, 3.8) is 0 Å². The molecule has 0 aliphatic carbocycles. The van der Waals surface area contributed by atoms with Crippen molar-refractivity contribution in [2.45, 2.75) is 32.3 Å². The SMILES string of the molecule is Cc1cc(OC2CCCOC2)ccc1C#CCCCl. The summed E-state index contributed by atoms with van der Waals surface area (Å²) in [6.07, 6.45) is 3.04. The largest absolute Gasteiger partial charge is 0.488 e. The fourth-order valence-electron chi connectivity index (χ4n) is 2.05. The minimum absolute atomic E-state index is 0.182. The molecule has 1 aromatic rings. The van der Waals surface area contributed by atoms with E-state index in [0.717, 1.165) is 42.7 Å². The first kappa shape index (κ1) is 14.2. The van der Waals surface area contributed by atoms with Crippen LogP contribution in [0.1, 0.15) is 30.4 Å². The maximum Gasteiger partial charge on any atom is 0.122 e. The molecule has 1 aromatic carbocycles. The lowest BCUT2D eigenvalue weighted by molar-refractivity contribution is 0.00741. The second-order valence-electron chi connectivity index (χ2n) is 4.67. The van der Waals surface area contributed by atoms with Crippen molar-refractivity contribution in [3.05, 3.63) is 29.3 Å². The van der Waals surface area contributed by atoms with E-state index in [1.807, 2.05) is 18.2 Å². The van der Waals surface area contributed by atoms with E-state index in [0.29, 0.717) is 12.5 Å². The summed E-state index contributed by atoms with van der Waals surface area (Å²) in [5, 5.41) is 0. The normalized spacial score (nSPS) is 18.5. The molecule has 3 heteroatoms. The van der Waals surface area contributed by atoms with Gasteiger partial charge in [-0.2, -0.15) is 0 Å². The minimum Gasteiger partial charge on any atom is -0.488 e. The standard InChI is InChI=1S/C16H19ClO2/c1-13-11-15(19-16-6-4-10-18-12-16)8-7-14(13)5-2-3-9-17/h7-8,11,16H,3-4,6,9-10,12H2,1H3. The highest BCUT2D eigenvalue weighted by atomic mass is 35.5. The van der Waals surface area contributed by atoms with Crippen LogP contribution in [-0.4, -0.2) is 25.2 Å². The lowest BCUT2D eigenvalue weighted by Gasteiger charge is -2.23. The number of benzene rings is 1. The van der Waals surface area contributed by atoms with Crippen LogP contribution in [0, 0.1) is 18.8 Å². The molecule has 0 N–H and O–H groups in total. The van der Waals surface area contributed by atoms with Crippen LogP contribution in [0.15, 0.2) is 18.2 Å². The molecule has 0 radical (unpaired) electrons. The molecule has 2 rings (SSSR count). The Morgan fingerprint density at radius 2 is 2.37 bits per heavy atom. The Labute approximate surface area is 120 Å². The fraction of sp³-hybridized carbons (Fsp3) is 0.500. The summed E-state index contributed by atoms with van der Waals surface area (Å²) in [6, 6.07) is 6.03. The second-order valence-corrected chi connectivity index (χ2v) is 5.05. The molecule has 19 heavy (non-hydrogen) atoms. The van der Waals surface area contributed by atoms with Gasteiger partial charge in [0.15, 0.2) is 0 Å². The van der Waals surface area contributed by atoms with Gasteiger partial charge in [0.2, 0.25) is 0 Å². The van der Waals surface area contributed by atoms with Gasteiger partial charge in [-0.25, -0.2) is 0 Å². The predicted octanol–water partition coefficient (Wildman–Crippen LogP) is 3.53. The Bertz CT molecular complexity index is 467. The quantitative estimate of drug-likeness (QED) is 0.622. The van der Waals surface area contributed by atoms with E-state index >= 15 is 0 Å². The Hall–Kier alpha value is -1.17. The third-order valence-corrected chi connectivity index (χ3v) is 3.25. The molecule has 1 saturated heterocycles. The van der Waals surface area contributed by atoms with E-state index < -0.39 is 0 Å². The predicted molar refractivity (Wildman–Crippen MR) is 77.9 cm³/mol. The van der Waals surface area contributed by atoms with Gasteiger partial charge in [0.1, 0.15) is 11.9 Å². The molecule has 0 aromatic heterocycles. The van der Waals surface area contributed by atoms with Gasteiger partial charge in [-0.05, 0) is 43.5 Å². The van der Waals surface area contributed by atoms with Gasteiger partial charge in [0.05, 0.1) is 6.61 Å². The molecule has 1 atom stereocenters. The Kier molecular flexibility index (Phi) is 5.57. The van der Waals surface area contributed by atoms with Crippen molar-refractivity contribution >= 4 is 11.6 Å². The Morgan fingerprint density at radius 3 is 3.05 bits per heavy atom. The number of rotatable bonds is 3. The second kappa shape index (κ2) is 7.43. The van der Waals surface area contributed by atoms with Gasteiger partial charge in [-0.1, -0.05) is 11.8 Å². The zero-order valence-electron chi connectivity index (χ0n) is 11.2. The monoisotopic (exact) mass is 278 g/mol. The summed E-state index contributed by atoms with van der Waals surface area (Å²) in [7, 11) is 0. The number of ether oxygens (including phenoxy) is 2. The Balaban J connectivity index is 2.00. The molecule has 2 nitrogen and oxygen atoms in total. The smallest absolute Gasteiger partial charge is 0.122 e. The van der Waals surface area contributed by atoms with Gasteiger partial charge < -0.3 is 9.47 Å². The lowest BCUT2D eigenvalue weighted by atomic mass is 10.1. The van der Waals surface area contributed by atoms with Crippen LogP contribution in [0.25, 0.3) is 0 Å². The van der Waals surface area contributed by atoms with E-state index in [2.05, 4.69) is 18.8 Å². The third-order valence-electron chi connectivity index (χ3n) is 3.06. The molecule has 1 aliphatic rings. The van der Waals surface area contributed by atoms with Crippen molar-refractivity contribution in [1.82, 2.24) is 0 Å². The molecule has 0 bridgehead atoms. The molecule has 102 valence electrons. The minimum atomic E-state index is 0.182. The van der Waals surface area contributed by atoms with E-state index in [1.54, 1.807) is 0 Å². The van der Waals surface area contributed by atoms with E-state index in [1.165, 1.54) is 0 Å². The zero-order chi connectivity index (χ0) is 13.5. The molecule has 0 spiro atoms. The van der Waals surface area contributed by atoms with E-state index in [-0.39, 0.29) is 6.10 Å². The van der Waals surface area contributed by atoms with Crippen LogP contribution in [0.3, 0.4) is 0 Å². The lowest BCUT2D eigenvalue weighted by Crippen LogP contribution is -2.28. The van der Waals surface area contributed by atoms with Crippen molar-refractivity contribution in [1.29, 1.82) is 0 Å². The number of halogens is 1. The molecule has 0 saturated carbocycles. The summed E-state index contributed by atoms with van der Waals surface area (Å²) in [5.74, 6) is 7.66.